The Hall–Kier alpha value is -0.730. The first-order chi connectivity index (χ1) is 8.37. The number of halogens is 1. The van der Waals surface area contributed by atoms with Crippen molar-refractivity contribution in [3.63, 3.8) is 0 Å². The zero-order valence-electron chi connectivity index (χ0n) is 12.2. The van der Waals surface area contributed by atoms with Crippen LogP contribution in [-0.2, 0) is 6.54 Å². The third-order valence-corrected chi connectivity index (χ3v) is 3.20. The van der Waals surface area contributed by atoms with Gasteiger partial charge in [0.15, 0.2) is 0 Å². The Balaban J connectivity index is 2.96. The summed E-state index contributed by atoms with van der Waals surface area (Å²) in [5, 5.41) is 4.33. The van der Waals surface area contributed by atoms with Gasteiger partial charge in [0, 0.05) is 35.9 Å². The highest BCUT2D eigenvalue weighted by Gasteiger charge is 2.13. The van der Waals surface area contributed by atoms with Crippen LogP contribution in [0.25, 0.3) is 0 Å². The van der Waals surface area contributed by atoms with Gasteiger partial charge in [0.25, 0.3) is 0 Å². The standard InChI is InChI=1S/C15H25ClN2/c1-6-18(7-2)14-10-13(16)9-8-12(14)11-17-15(3,4)5/h8-10,17H,6-7,11H2,1-5H3. The van der Waals surface area contributed by atoms with Crippen molar-refractivity contribution in [3.8, 4) is 0 Å². The summed E-state index contributed by atoms with van der Waals surface area (Å²) in [5.74, 6) is 0. The van der Waals surface area contributed by atoms with Gasteiger partial charge in [-0.05, 0) is 52.3 Å². The van der Waals surface area contributed by atoms with Crippen LogP contribution >= 0.6 is 11.6 Å². The first-order valence-corrected chi connectivity index (χ1v) is 7.03. The highest BCUT2D eigenvalue weighted by Crippen LogP contribution is 2.25. The van der Waals surface area contributed by atoms with Gasteiger partial charge in [-0.3, -0.25) is 0 Å². The summed E-state index contributed by atoms with van der Waals surface area (Å²) in [4.78, 5) is 2.34. The lowest BCUT2D eigenvalue weighted by atomic mass is 10.1. The van der Waals surface area contributed by atoms with Crippen molar-refractivity contribution >= 4 is 17.3 Å². The number of nitrogens with zero attached hydrogens (tertiary/aromatic N) is 1. The molecule has 0 fully saturated rings. The Bertz CT molecular complexity index is 379. The van der Waals surface area contributed by atoms with Crippen LogP contribution in [0.3, 0.4) is 0 Å². The minimum Gasteiger partial charge on any atom is -0.372 e. The van der Waals surface area contributed by atoms with E-state index in [1.165, 1.54) is 11.3 Å². The predicted octanol–water partition coefficient (Wildman–Crippen LogP) is 4.07. The molecule has 0 spiro atoms. The molecule has 0 radical (unpaired) electrons. The van der Waals surface area contributed by atoms with Crippen molar-refractivity contribution in [1.82, 2.24) is 5.32 Å². The van der Waals surface area contributed by atoms with Crippen molar-refractivity contribution in [2.75, 3.05) is 18.0 Å². The summed E-state index contributed by atoms with van der Waals surface area (Å²) in [6, 6.07) is 6.15. The summed E-state index contributed by atoms with van der Waals surface area (Å²) in [6.45, 7) is 13.8. The third kappa shape index (κ3) is 4.51. The second-order valence-electron chi connectivity index (χ2n) is 5.55. The summed E-state index contributed by atoms with van der Waals surface area (Å²) < 4.78 is 0. The molecule has 0 aromatic heterocycles. The molecular weight excluding hydrogens is 244 g/mol. The number of hydrogen-bond donors (Lipinski definition) is 1. The second kappa shape index (κ2) is 6.44. The van der Waals surface area contributed by atoms with E-state index in [0.29, 0.717) is 0 Å². The van der Waals surface area contributed by atoms with E-state index in [2.05, 4.69) is 57.0 Å². The van der Waals surface area contributed by atoms with Gasteiger partial charge in [0.1, 0.15) is 0 Å². The average Bonchev–Trinajstić information content (AvgIpc) is 2.28. The fourth-order valence-electron chi connectivity index (χ4n) is 1.91. The molecule has 1 N–H and O–H groups in total. The van der Waals surface area contributed by atoms with E-state index >= 15 is 0 Å². The van der Waals surface area contributed by atoms with Crippen molar-refractivity contribution in [1.29, 1.82) is 0 Å². The van der Waals surface area contributed by atoms with E-state index in [1.807, 2.05) is 6.07 Å². The fraction of sp³-hybridized carbons (Fsp3) is 0.600. The van der Waals surface area contributed by atoms with E-state index in [-0.39, 0.29) is 5.54 Å². The van der Waals surface area contributed by atoms with Gasteiger partial charge in [-0.1, -0.05) is 17.7 Å². The van der Waals surface area contributed by atoms with Gasteiger partial charge in [-0.25, -0.2) is 0 Å². The number of nitrogens with one attached hydrogen (secondary N) is 1. The first-order valence-electron chi connectivity index (χ1n) is 6.65. The molecule has 1 aromatic rings. The minimum absolute atomic E-state index is 0.125. The molecular formula is C15H25ClN2. The summed E-state index contributed by atoms with van der Waals surface area (Å²) in [6.07, 6.45) is 0. The maximum atomic E-state index is 6.12. The molecule has 0 bridgehead atoms. The lowest BCUT2D eigenvalue weighted by Crippen LogP contribution is -2.35. The van der Waals surface area contributed by atoms with E-state index < -0.39 is 0 Å². The first kappa shape index (κ1) is 15.3. The van der Waals surface area contributed by atoms with Crippen molar-refractivity contribution in [3.05, 3.63) is 28.8 Å². The molecule has 102 valence electrons. The molecule has 0 atom stereocenters. The normalized spacial score (nSPS) is 11.7. The third-order valence-electron chi connectivity index (χ3n) is 2.96. The molecule has 18 heavy (non-hydrogen) atoms. The van der Waals surface area contributed by atoms with Crippen LogP contribution in [-0.4, -0.2) is 18.6 Å². The molecule has 0 heterocycles. The quantitative estimate of drug-likeness (QED) is 0.866. The SMILES string of the molecule is CCN(CC)c1cc(Cl)ccc1CNC(C)(C)C. The van der Waals surface area contributed by atoms with Crippen LogP contribution < -0.4 is 10.2 Å². The molecule has 0 aliphatic rings. The Labute approximate surface area is 116 Å². The molecule has 0 aliphatic heterocycles. The lowest BCUT2D eigenvalue weighted by Gasteiger charge is -2.27. The van der Waals surface area contributed by atoms with Crippen LogP contribution in [0.1, 0.15) is 40.2 Å². The smallest absolute Gasteiger partial charge is 0.0426 e. The summed E-state index contributed by atoms with van der Waals surface area (Å²) >= 11 is 6.12. The van der Waals surface area contributed by atoms with Crippen LogP contribution in [0.4, 0.5) is 5.69 Å². The zero-order valence-corrected chi connectivity index (χ0v) is 12.9. The molecule has 0 unspecified atom stereocenters. The second-order valence-corrected chi connectivity index (χ2v) is 5.99. The fourth-order valence-corrected chi connectivity index (χ4v) is 2.07. The molecule has 0 amide bonds. The van der Waals surface area contributed by atoms with E-state index in [4.69, 9.17) is 11.6 Å². The molecule has 3 heteroatoms. The molecule has 0 saturated heterocycles. The summed E-state index contributed by atoms with van der Waals surface area (Å²) in [5.41, 5.74) is 2.67. The van der Waals surface area contributed by atoms with Gasteiger partial charge < -0.3 is 10.2 Å². The largest absolute Gasteiger partial charge is 0.372 e. The van der Waals surface area contributed by atoms with Crippen LogP contribution in [0, 0.1) is 0 Å². The van der Waals surface area contributed by atoms with Crippen molar-refractivity contribution in [2.45, 2.75) is 46.7 Å². The van der Waals surface area contributed by atoms with Crippen LogP contribution in [0.15, 0.2) is 18.2 Å². The molecule has 0 aliphatic carbocycles. The van der Waals surface area contributed by atoms with Gasteiger partial charge in [0.05, 0.1) is 0 Å². The number of rotatable bonds is 5. The van der Waals surface area contributed by atoms with Gasteiger partial charge in [-0.15, -0.1) is 0 Å². The molecule has 1 aromatic carbocycles. The highest BCUT2D eigenvalue weighted by molar-refractivity contribution is 6.30. The topological polar surface area (TPSA) is 15.3 Å². The number of anilines is 1. The summed E-state index contributed by atoms with van der Waals surface area (Å²) in [7, 11) is 0. The predicted molar refractivity (Wildman–Crippen MR) is 81.6 cm³/mol. The van der Waals surface area contributed by atoms with Crippen molar-refractivity contribution in [2.24, 2.45) is 0 Å². The van der Waals surface area contributed by atoms with Gasteiger partial charge in [0.2, 0.25) is 0 Å². The van der Waals surface area contributed by atoms with E-state index in [0.717, 1.165) is 24.7 Å². The highest BCUT2D eigenvalue weighted by atomic mass is 35.5. The van der Waals surface area contributed by atoms with Crippen LogP contribution in [0.2, 0.25) is 5.02 Å². The number of hydrogen-bond acceptors (Lipinski definition) is 2. The number of benzene rings is 1. The Morgan fingerprint density at radius 1 is 1.17 bits per heavy atom. The zero-order chi connectivity index (χ0) is 13.8. The molecule has 1 rings (SSSR count). The van der Waals surface area contributed by atoms with Crippen molar-refractivity contribution < 1.29 is 0 Å². The van der Waals surface area contributed by atoms with Gasteiger partial charge in [-0.2, -0.15) is 0 Å². The minimum atomic E-state index is 0.125. The Kier molecular flexibility index (Phi) is 5.48. The Morgan fingerprint density at radius 3 is 2.28 bits per heavy atom. The monoisotopic (exact) mass is 268 g/mol. The van der Waals surface area contributed by atoms with E-state index in [9.17, 15) is 0 Å². The Morgan fingerprint density at radius 2 is 1.78 bits per heavy atom. The maximum absolute atomic E-state index is 6.12. The lowest BCUT2D eigenvalue weighted by molar-refractivity contribution is 0.424. The van der Waals surface area contributed by atoms with E-state index in [1.54, 1.807) is 0 Å². The maximum Gasteiger partial charge on any atom is 0.0426 e. The average molecular weight is 269 g/mol. The molecule has 2 nitrogen and oxygen atoms in total. The molecule has 0 saturated carbocycles. The van der Waals surface area contributed by atoms with Crippen LogP contribution in [0.5, 0.6) is 0 Å². The van der Waals surface area contributed by atoms with Gasteiger partial charge >= 0.3 is 0 Å².